The molecule has 0 saturated heterocycles. The molecule has 0 amide bonds. The zero-order valence-electron chi connectivity index (χ0n) is 2.29. The molecule has 3 nitrogen and oxygen atoms in total. The lowest BCUT2D eigenvalue weighted by Gasteiger charge is -1.55. The van der Waals surface area contributed by atoms with Crippen molar-refractivity contribution < 1.29 is 13.9 Å². The summed E-state index contributed by atoms with van der Waals surface area (Å²) < 4.78 is 12.5. The third-order valence-electron chi connectivity index (χ3n) is 0.0902. The van der Waals surface area contributed by atoms with Gasteiger partial charge in [0, 0.05) is 4.57 Å². The van der Waals surface area contributed by atoms with Gasteiger partial charge in [0.2, 0.25) is 0 Å². The Morgan fingerprint density at radius 3 is 2.20 bits per heavy atom. The van der Waals surface area contributed by atoms with E-state index in [0.29, 0.717) is 0 Å². The van der Waals surface area contributed by atoms with E-state index in [1.165, 1.54) is 0 Å². The Balaban J connectivity index is 2.85. The fraction of sp³-hybridized carbons (Fsp3) is 0. The number of hydrogen-bond donors (Lipinski definition) is 1. The van der Waals surface area contributed by atoms with E-state index in [1.54, 1.807) is 0 Å². The first-order valence-corrected chi connectivity index (χ1v) is 1.93. The summed E-state index contributed by atoms with van der Waals surface area (Å²) in [6, 6.07) is 0. The molecule has 0 aliphatic rings. The molecule has 0 aromatic carbocycles. The van der Waals surface area contributed by atoms with Gasteiger partial charge in [0.1, 0.15) is 0 Å². The first kappa shape index (κ1) is 5.08. The maximum absolute atomic E-state index is 9.17. The molecule has 0 rings (SSSR count). The van der Waals surface area contributed by atoms with Crippen molar-refractivity contribution in [2.75, 3.05) is 0 Å². The SMILES string of the molecule is [B]O[P+](=O)O. The van der Waals surface area contributed by atoms with Crippen LogP contribution in [0.3, 0.4) is 0 Å². The van der Waals surface area contributed by atoms with Gasteiger partial charge in [-0.05, 0) is 0 Å². The van der Waals surface area contributed by atoms with Gasteiger partial charge in [0.25, 0.3) is 0 Å². The van der Waals surface area contributed by atoms with Crippen LogP contribution in [0.25, 0.3) is 0 Å². The molecule has 26 valence electrons. The summed E-state index contributed by atoms with van der Waals surface area (Å²) in [5.74, 6) is 0. The van der Waals surface area contributed by atoms with Crippen molar-refractivity contribution in [3.63, 3.8) is 0 Å². The Labute approximate surface area is 31.3 Å². The molecule has 0 bridgehead atoms. The Kier molecular flexibility index (Phi) is 2.37. The molecule has 1 unspecified atom stereocenters. The van der Waals surface area contributed by atoms with Gasteiger partial charge in [-0.25, -0.2) is 4.44 Å². The maximum Gasteiger partial charge on any atom is 0.676 e. The highest BCUT2D eigenvalue weighted by atomic mass is 31.1. The van der Waals surface area contributed by atoms with Crippen LogP contribution < -0.4 is 0 Å². The molecular weight excluding hydrogens is 89.8 g/mol. The summed E-state index contributed by atoms with van der Waals surface area (Å²) in [4.78, 5) is 7.52. The zero-order valence-corrected chi connectivity index (χ0v) is 3.18. The quantitative estimate of drug-likeness (QED) is 0.357. The predicted molar refractivity (Wildman–Crippen MR) is 16.7 cm³/mol. The Morgan fingerprint density at radius 2 is 2.20 bits per heavy atom. The van der Waals surface area contributed by atoms with Crippen LogP contribution in [0, 0.1) is 0 Å². The van der Waals surface area contributed by atoms with E-state index in [0.717, 1.165) is 0 Å². The highest BCUT2D eigenvalue weighted by Gasteiger charge is 2.01. The van der Waals surface area contributed by atoms with Gasteiger partial charge < -0.3 is 0 Å². The van der Waals surface area contributed by atoms with E-state index in [-0.39, 0.29) is 0 Å². The molecule has 0 spiro atoms. The molecule has 0 aromatic heterocycles. The minimum Gasteiger partial charge on any atom is -0.206 e. The van der Waals surface area contributed by atoms with Gasteiger partial charge >= 0.3 is 16.3 Å². The van der Waals surface area contributed by atoms with E-state index in [2.05, 4.69) is 12.5 Å². The molecular formula is HBO3P+. The van der Waals surface area contributed by atoms with E-state index < -0.39 is 8.25 Å². The van der Waals surface area contributed by atoms with Crippen molar-refractivity contribution in [1.29, 1.82) is 0 Å². The van der Waals surface area contributed by atoms with Crippen LogP contribution in [0.1, 0.15) is 0 Å². The first-order chi connectivity index (χ1) is 2.27. The van der Waals surface area contributed by atoms with Gasteiger partial charge in [-0.1, -0.05) is 0 Å². The Hall–Kier alpha value is 0.0849. The maximum atomic E-state index is 9.17. The third-order valence-corrected chi connectivity index (χ3v) is 0.271. The lowest BCUT2D eigenvalue weighted by Crippen LogP contribution is -1.61. The monoisotopic (exact) mass is 91.0 g/mol. The highest BCUT2D eigenvalue weighted by Crippen LogP contribution is 2.08. The van der Waals surface area contributed by atoms with Gasteiger partial charge in [0.15, 0.2) is 0 Å². The molecule has 5 heteroatoms. The topological polar surface area (TPSA) is 46.5 Å². The second kappa shape index (κ2) is 2.33. The van der Waals surface area contributed by atoms with E-state index in [9.17, 15) is 0 Å². The van der Waals surface area contributed by atoms with Gasteiger partial charge in [0.05, 0.1) is 0 Å². The van der Waals surface area contributed by atoms with Gasteiger partial charge in [-0.15, -0.1) is 4.89 Å². The second-order valence-electron chi connectivity index (χ2n) is 0.343. The summed E-state index contributed by atoms with van der Waals surface area (Å²) in [5.41, 5.74) is 0. The highest BCUT2D eigenvalue weighted by molar-refractivity contribution is 7.33. The molecule has 2 radical (unpaired) electrons. The first-order valence-electron chi connectivity index (χ1n) is 0.801. The van der Waals surface area contributed by atoms with Crippen molar-refractivity contribution in [3.8, 4) is 0 Å². The van der Waals surface area contributed by atoms with E-state index >= 15 is 0 Å². The predicted octanol–water partition coefficient (Wildman–Crippen LogP) is -0.264. The van der Waals surface area contributed by atoms with Gasteiger partial charge in [-0.3, -0.25) is 0 Å². The molecule has 1 N–H and O–H groups in total. The average Bonchev–Trinajstić information content (AvgIpc) is 1.38. The summed E-state index contributed by atoms with van der Waals surface area (Å²) in [6.07, 6.45) is 0. The molecule has 0 saturated carbocycles. The molecule has 0 aliphatic heterocycles. The number of hydrogen-bond acceptors (Lipinski definition) is 2. The Morgan fingerprint density at radius 1 is 2.00 bits per heavy atom. The third kappa shape index (κ3) is 4.08. The fourth-order valence-electron chi connectivity index (χ4n) is 0. The Bertz CT molecular complexity index is 42.2. The second-order valence-corrected chi connectivity index (χ2v) is 1.03. The van der Waals surface area contributed by atoms with Crippen LogP contribution in [-0.2, 0) is 9.01 Å². The molecule has 0 heterocycles. The fourth-order valence-corrected chi connectivity index (χ4v) is 0. The normalized spacial score (nSPS) is 11.0. The lowest BCUT2D eigenvalue weighted by molar-refractivity contribution is 0.424. The van der Waals surface area contributed by atoms with Crippen LogP contribution in [0.4, 0.5) is 0 Å². The molecule has 1 atom stereocenters. The number of rotatable bonds is 1. The van der Waals surface area contributed by atoms with Crippen LogP contribution in [0.2, 0.25) is 0 Å². The summed E-state index contributed by atoms with van der Waals surface area (Å²) in [5, 5.41) is 0. The smallest absolute Gasteiger partial charge is 0.206 e. The summed E-state index contributed by atoms with van der Waals surface area (Å²) >= 11 is 0. The summed E-state index contributed by atoms with van der Waals surface area (Å²) in [7, 11) is 1.57. The van der Waals surface area contributed by atoms with Gasteiger partial charge in [-0.2, -0.15) is 0 Å². The van der Waals surface area contributed by atoms with Crippen molar-refractivity contribution in [1.82, 2.24) is 0 Å². The van der Waals surface area contributed by atoms with E-state index in [1.807, 2.05) is 0 Å². The molecule has 5 heavy (non-hydrogen) atoms. The molecule has 0 fully saturated rings. The van der Waals surface area contributed by atoms with Crippen LogP contribution in [0.5, 0.6) is 0 Å². The standard InChI is InChI=1S/BO3P/c1-4-5(2)3/p+1. The molecule has 0 aromatic rings. The largest absolute Gasteiger partial charge is 0.676 e. The van der Waals surface area contributed by atoms with Crippen LogP contribution in [-0.4, -0.2) is 12.9 Å². The van der Waals surface area contributed by atoms with Crippen molar-refractivity contribution in [2.24, 2.45) is 0 Å². The van der Waals surface area contributed by atoms with E-state index in [4.69, 9.17) is 9.46 Å². The lowest BCUT2D eigenvalue weighted by atomic mass is 10.6. The van der Waals surface area contributed by atoms with Crippen molar-refractivity contribution >= 4 is 16.3 Å². The minimum atomic E-state index is -2.57. The van der Waals surface area contributed by atoms with Crippen LogP contribution in [0.15, 0.2) is 0 Å². The summed E-state index contributed by atoms with van der Waals surface area (Å²) in [6.45, 7) is 0. The van der Waals surface area contributed by atoms with Crippen molar-refractivity contribution in [2.45, 2.75) is 0 Å². The van der Waals surface area contributed by atoms with Crippen LogP contribution >= 0.6 is 8.25 Å². The zero-order chi connectivity index (χ0) is 4.28. The van der Waals surface area contributed by atoms with Crippen molar-refractivity contribution in [3.05, 3.63) is 0 Å². The molecule has 0 aliphatic carbocycles. The minimum absolute atomic E-state index is 2.57. The average molecular weight is 90.8 g/mol.